The van der Waals surface area contributed by atoms with Gasteiger partial charge in [-0.2, -0.15) is 0 Å². The summed E-state index contributed by atoms with van der Waals surface area (Å²) >= 11 is 1.65. The standard InChI is InChI=1S/C18H22N2O3S/c1-4-14-16(24-11(2)20-14)9-19-18(21)13-8-12-6-5-7-15(22-3)17(12)23-10-13/h5-7,13H,4,8-10H2,1-3H3,(H,19,21)/t13-/m0/s1. The summed E-state index contributed by atoms with van der Waals surface area (Å²) in [6.45, 7) is 4.99. The highest BCUT2D eigenvalue weighted by Gasteiger charge is 2.27. The van der Waals surface area contributed by atoms with E-state index in [1.807, 2.05) is 25.1 Å². The number of aryl methyl sites for hydroxylation is 2. The van der Waals surface area contributed by atoms with Crippen molar-refractivity contribution in [3.05, 3.63) is 39.3 Å². The Hall–Kier alpha value is -2.08. The van der Waals surface area contributed by atoms with Crippen molar-refractivity contribution in [2.24, 2.45) is 5.92 Å². The second-order valence-electron chi connectivity index (χ2n) is 5.83. The predicted octanol–water partition coefficient (Wildman–Crippen LogP) is 2.89. The minimum absolute atomic E-state index is 0.0246. The van der Waals surface area contributed by atoms with Gasteiger partial charge in [0.1, 0.15) is 6.61 Å². The lowest BCUT2D eigenvalue weighted by atomic mass is 9.95. The molecule has 128 valence electrons. The van der Waals surface area contributed by atoms with Crippen molar-refractivity contribution in [2.75, 3.05) is 13.7 Å². The lowest BCUT2D eigenvalue weighted by Gasteiger charge is -2.25. The first-order chi connectivity index (χ1) is 11.6. The Morgan fingerprint density at radius 2 is 2.33 bits per heavy atom. The fraction of sp³-hybridized carbons (Fsp3) is 0.444. The van der Waals surface area contributed by atoms with Gasteiger partial charge in [0, 0.05) is 4.88 Å². The highest BCUT2D eigenvalue weighted by molar-refractivity contribution is 7.11. The molecule has 5 nitrogen and oxygen atoms in total. The van der Waals surface area contributed by atoms with E-state index >= 15 is 0 Å². The number of nitrogens with one attached hydrogen (secondary N) is 1. The van der Waals surface area contributed by atoms with Gasteiger partial charge in [-0.1, -0.05) is 19.1 Å². The number of hydrogen-bond acceptors (Lipinski definition) is 5. The lowest BCUT2D eigenvalue weighted by molar-refractivity contribution is -0.126. The molecule has 1 aromatic carbocycles. The molecule has 2 aromatic rings. The molecule has 1 N–H and O–H groups in total. The first-order valence-corrected chi connectivity index (χ1v) is 8.95. The molecule has 0 aliphatic carbocycles. The summed E-state index contributed by atoms with van der Waals surface area (Å²) in [5.41, 5.74) is 2.09. The van der Waals surface area contributed by atoms with Gasteiger partial charge in [-0.25, -0.2) is 4.98 Å². The molecule has 0 fully saturated rings. The molecule has 0 unspecified atom stereocenters. The molecular formula is C18H22N2O3S. The quantitative estimate of drug-likeness (QED) is 0.904. The molecular weight excluding hydrogens is 324 g/mol. The molecule has 1 aliphatic heterocycles. The number of benzene rings is 1. The average Bonchev–Trinajstić information content (AvgIpc) is 2.98. The van der Waals surface area contributed by atoms with Crippen molar-refractivity contribution >= 4 is 17.2 Å². The van der Waals surface area contributed by atoms with Crippen LogP contribution in [0.2, 0.25) is 0 Å². The maximum Gasteiger partial charge on any atom is 0.227 e. The number of nitrogens with zero attached hydrogens (tertiary/aromatic N) is 1. The number of ether oxygens (including phenoxy) is 2. The zero-order chi connectivity index (χ0) is 17.1. The number of thiazole rings is 1. The zero-order valence-corrected chi connectivity index (χ0v) is 15.0. The summed E-state index contributed by atoms with van der Waals surface area (Å²) in [5, 5.41) is 4.08. The van der Waals surface area contributed by atoms with E-state index in [1.54, 1.807) is 18.4 Å². The first kappa shape index (κ1) is 16.8. The smallest absolute Gasteiger partial charge is 0.227 e. The monoisotopic (exact) mass is 346 g/mol. The molecule has 2 heterocycles. The normalized spacial score (nSPS) is 16.2. The van der Waals surface area contributed by atoms with Crippen LogP contribution in [0.15, 0.2) is 18.2 Å². The van der Waals surface area contributed by atoms with E-state index in [1.165, 1.54) is 0 Å². The molecule has 0 spiro atoms. The zero-order valence-electron chi connectivity index (χ0n) is 14.2. The third kappa shape index (κ3) is 3.38. The molecule has 0 radical (unpaired) electrons. The minimum atomic E-state index is -0.177. The number of amides is 1. The molecule has 24 heavy (non-hydrogen) atoms. The highest BCUT2D eigenvalue weighted by atomic mass is 32.1. The van der Waals surface area contributed by atoms with Crippen LogP contribution in [-0.4, -0.2) is 24.6 Å². The SMILES string of the molecule is CCc1nc(C)sc1CNC(=O)[C@@H]1COc2c(cccc2OC)C1. The molecule has 0 saturated heterocycles. The van der Waals surface area contributed by atoms with Gasteiger partial charge in [0.2, 0.25) is 5.91 Å². The second kappa shape index (κ2) is 7.21. The number of carbonyl (C=O) groups is 1. The molecule has 0 saturated carbocycles. The van der Waals surface area contributed by atoms with E-state index in [4.69, 9.17) is 9.47 Å². The van der Waals surface area contributed by atoms with Crippen LogP contribution in [-0.2, 0) is 24.2 Å². The van der Waals surface area contributed by atoms with E-state index in [0.717, 1.165) is 39.1 Å². The summed E-state index contributed by atoms with van der Waals surface area (Å²) in [5.74, 6) is 1.33. The molecule has 1 atom stereocenters. The topological polar surface area (TPSA) is 60.5 Å². The molecule has 6 heteroatoms. The Morgan fingerprint density at radius 1 is 1.50 bits per heavy atom. The lowest BCUT2D eigenvalue weighted by Crippen LogP contribution is -2.37. The average molecular weight is 346 g/mol. The van der Waals surface area contributed by atoms with Crippen LogP contribution in [0.4, 0.5) is 0 Å². The fourth-order valence-corrected chi connectivity index (χ4v) is 3.93. The van der Waals surface area contributed by atoms with Crippen molar-refractivity contribution < 1.29 is 14.3 Å². The van der Waals surface area contributed by atoms with Gasteiger partial charge in [0.25, 0.3) is 0 Å². The third-order valence-corrected chi connectivity index (χ3v) is 5.20. The number of hydrogen-bond donors (Lipinski definition) is 1. The molecule has 3 rings (SSSR count). The summed E-state index contributed by atoms with van der Waals surface area (Å²) < 4.78 is 11.1. The van der Waals surface area contributed by atoms with E-state index in [-0.39, 0.29) is 11.8 Å². The Labute approximate surface area is 146 Å². The van der Waals surface area contributed by atoms with Crippen LogP contribution in [0.5, 0.6) is 11.5 Å². The van der Waals surface area contributed by atoms with Crippen molar-refractivity contribution in [3.63, 3.8) is 0 Å². The van der Waals surface area contributed by atoms with Gasteiger partial charge in [-0.3, -0.25) is 4.79 Å². The van der Waals surface area contributed by atoms with Crippen LogP contribution in [0.25, 0.3) is 0 Å². The number of aromatic nitrogens is 1. The van der Waals surface area contributed by atoms with E-state index in [2.05, 4.69) is 17.2 Å². The van der Waals surface area contributed by atoms with Gasteiger partial charge >= 0.3 is 0 Å². The Bertz CT molecular complexity index is 742. The first-order valence-electron chi connectivity index (χ1n) is 8.14. The maximum atomic E-state index is 12.5. The van der Waals surface area contributed by atoms with E-state index in [9.17, 15) is 4.79 Å². The summed E-state index contributed by atoms with van der Waals surface area (Å²) in [7, 11) is 1.63. The Kier molecular flexibility index (Phi) is 5.04. The number of fused-ring (bicyclic) bond motifs is 1. The van der Waals surface area contributed by atoms with Gasteiger partial charge < -0.3 is 14.8 Å². The van der Waals surface area contributed by atoms with Gasteiger partial charge in [-0.05, 0) is 31.4 Å². The molecule has 0 bridgehead atoms. The van der Waals surface area contributed by atoms with Crippen LogP contribution >= 0.6 is 11.3 Å². The van der Waals surface area contributed by atoms with E-state index < -0.39 is 0 Å². The summed E-state index contributed by atoms with van der Waals surface area (Å²) in [6, 6.07) is 5.78. The third-order valence-electron chi connectivity index (χ3n) is 4.19. The van der Waals surface area contributed by atoms with Gasteiger partial charge in [-0.15, -0.1) is 11.3 Å². The minimum Gasteiger partial charge on any atom is -0.493 e. The Balaban J connectivity index is 1.64. The van der Waals surface area contributed by atoms with Crippen LogP contribution in [0.1, 0.15) is 28.1 Å². The summed E-state index contributed by atoms with van der Waals surface area (Å²) in [6.07, 6.45) is 1.55. The van der Waals surface area contributed by atoms with Crippen LogP contribution in [0.3, 0.4) is 0 Å². The van der Waals surface area contributed by atoms with Crippen LogP contribution in [0, 0.1) is 12.8 Å². The van der Waals surface area contributed by atoms with E-state index in [0.29, 0.717) is 19.6 Å². The van der Waals surface area contributed by atoms with Crippen molar-refractivity contribution in [1.29, 1.82) is 0 Å². The molecule has 1 amide bonds. The Morgan fingerprint density at radius 3 is 3.08 bits per heavy atom. The van der Waals surface area contributed by atoms with Gasteiger partial charge in [0.15, 0.2) is 11.5 Å². The second-order valence-corrected chi connectivity index (χ2v) is 7.12. The fourth-order valence-electron chi connectivity index (χ4n) is 2.96. The van der Waals surface area contributed by atoms with Crippen molar-refractivity contribution in [2.45, 2.75) is 33.2 Å². The largest absolute Gasteiger partial charge is 0.493 e. The number of methoxy groups -OCH3 is 1. The van der Waals surface area contributed by atoms with Crippen molar-refractivity contribution in [3.8, 4) is 11.5 Å². The number of para-hydroxylation sites is 1. The summed E-state index contributed by atoms with van der Waals surface area (Å²) in [4.78, 5) is 18.1. The molecule has 1 aliphatic rings. The van der Waals surface area contributed by atoms with Crippen LogP contribution < -0.4 is 14.8 Å². The van der Waals surface area contributed by atoms with Crippen molar-refractivity contribution in [1.82, 2.24) is 10.3 Å². The van der Waals surface area contributed by atoms with Gasteiger partial charge in [0.05, 0.1) is 30.3 Å². The predicted molar refractivity (Wildman–Crippen MR) is 93.8 cm³/mol. The number of rotatable bonds is 5. The highest BCUT2D eigenvalue weighted by Crippen LogP contribution is 2.36. The number of carbonyl (C=O) groups excluding carboxylic acids is 1. The maximum absolute atomic E-state index is 12.5. The molecule has 1 aromatic heterocycles.